The summed E-state index contributed by atoms with van der Waals surface area (Å²) < 4.78 is 1.94. The van der Waals surface area contributed by atoms with E-state index in [1.165, 1.54) is 0 Å². The van der Waals surface area contributed by atoms with Crippen LogP contribution in [-0.2, 0) is 6.54 Å². The van der Waals surface area contributed by atoms with E-state index in [-0.39, 0.29) is 11.5 Å². The van der Waals surface area contributed by atoms with Gasteiger partial charge in [0.15, 0.2) is 5.69 Å². The van der Waals surface area contributed by atoms with Crippen LogP contribution in [0.2, 0.25) is 0 Å². The van der Waals surface area contributed by atoms with Crippen molar-refractivity contribution in [1.82, 2.24) is 25.3 Å². The van der Waals surface area contributed by atoms with Crippen LogP contribution in [0.15, 0.2) is 71.5 Å². The lowest BCUT2D eigenvalue weighted by molar-refractivity contribution is 0.102. The molecule has 174 valence electrons. The third kappa shape index (κ3) is 3.77. The third-order valence-electron chi connectivity index (χ3n) is 6.61. The number of nitrogens with zero attached hydrogens (tertiary/aromatic N) is 3. The van der Waals surface area contributed by atoms with Gasteiger partial charge in [-0.25, -0.2) is 5.10 Å². The van der Waals surface area contributed by atoms with Crippen molar-refractivity contribution in [2.24, 2.45) is 5.92 Å². The zero-order valence-corrected chi connectivity index (χ0v) is 19.2. The highest BCUT2D eigenvalue weighted by Crippen LogP contribution is 2.29. The van der Waals surface area contributed by atoms with Gasteiger partial charge in [-0.1, -0.05) is 42.5 Å². The van der Waals surface area contributed by atoms with Gasteiger partial charge in [0, 0.05) is 47.6 Å². The highest BCUT2D eigenvalue weighted by atomic mass is 16.2. The summed E-state index contributed by atoms with van der Waals surface area (Å²) in [5.41, 5.74) is 4.36. The minimum absolute atomic E-state index is 0.217. The third-order valence-corrected chi connectivity index (χ3v) is 6.61. The molecule has 1 saturated heterocycles. The van der Waals surface area contributed by atoms with Crippen molar-refractivity contribution < 1.29 is 4.79 Å². The van der Waals surface area contributed by atoms with E-state index in [1.807, 2.05) is 72.3 Å². The molecule has 3 N–H and O–H groups in total. The summed E-state index contributed by atoms with van der Waals surface area (Å²) >= 11 is 0. The Morgan fingerprint density at radius 1 is 1.03 bits per heavy atom. The molecular weight excluding hydrogens is 440 g/mol. The predicted molar refractivity (Wildman–Crippen MR) is 137 cm³/mol. The molecule has 0 radical (unpaired) electrons. The fraction of sp³-hybridized carbons (Fsp3) is 0.185. The van der Waals surface area contributed by atoms with E-state index in [2.05, 4.69) is 25.9 Å². The van der Waals surface area contributed by atoms with Crippen molar-refractivity contribution in [1.29, 1.82) is 0 Å². The summed E-state index contributed by atoms with van der Waals surface area (Å²) in [5, 5.41) is 20.1. The first-order valence-electron chi connectivity index (χ1n) is 11.6. The molecular formula is C27H24N6O2. The van der Waals surface area contributed by atoms with Gasteiger partial charge in [-0.2, -0.15) is 10.2 Å². The van der Waals surface area contributed by atoms with Gasteiger partial charge >= 0.3 is 0 Å². The number of anilines is 1. The van der Waals surface area contributed by atoms with E-state index >= 15 is 0 Å². The van der Waals surface area contributed by atoms with E-state index in [9.17, 15) is 9.59 Å². The van der Waals surface area contributed by atoms with Gasteiger partial charge in [0.25, 0.3) is 11.5 Å². The van der Waals surface area contributed by atoms with Crippen molar-refractivity contribution in [2.75, 3.05) is 18.4 Å². The van der Waals surface area contributed by atoms with Crippen LogP contribution in [0.25, 0.3) is 32.9 Å². The maximum Gasteiger partial charge on any atom is 0.276 e. The van der Waals surface area contributed by atoms with Gasteiger partial charge in [-0.05, 0) is 36.8 Å². The Kier molecular flexibility index (Phi) is 5.15. The molecule has 1 aliphatic heterocycles. The van der Waals surface area contributed by atoms with E-state index < -0.39 is 0 Å². The molecule has 0 atom stereocenters. The lowest BCUT2D eigenvalue weighted by Gasteiger charge is -2.27. The first-order chi connectivity index (χ1) is 17.1. The Morgan fingerprint density at radius 3 is 2.51 bits per heavy atom. The first-order valence-corrected chi connectivity index (χ1v) is 11.6. The molecule has 6 rings (SSSR count). The number of rotatable bonds is 5. The average Bonchev–Trinajstić information content (AvgIpc) is 3.21. The van der Waals surface area contributed by atoms with Crippen LogP contribution in [0.3, 0.4) is 0 Å². The standard InChI is InChI=1S/C27H24N6O2/c1-16-12-18(10-11-19(16)24-20-6-2-3-7-21(20)26(34)31-30-24)29-27(35)25-22-8-4-5-9-23(22)33(32-25)15-17-13-28-14-17/h2-12,17,28H,13-15H2,1H3,(H,29,35)(H,31,34). The van der Waals surface area contributed by atoms with Gasteiger partial charge in [-0.15, -0.1) is 0 Å². The molecule has 0 aliphatic carbocycles. The van der Waals surface area contributed by atoms with Crippen molar-refractivity contribution in [3.8, 4) is 11.3 Å². The minimum Gasteiger partial charge on any atom is -0.321 e. The number of H-pyrrole nitrogens is 1. The highest BCUT2D eigenvalue weighted by Gasteiger charge is 2.22. The second-order valence-corrected chi connectivity index (χ2v) is 9.00. The molecule has 35 heavy (non-hydrogen) atoms. The number of benzene rings is 3. The molecule has 3 heterocycles. The quantitative estimate of drug-likeness (QED) is 0.368. The normalized spacial score (nSPS) is 13.7. The smallest absolute Gasteiger partial charge is 0.276 e. The Hall–Kier alpha value is -4.30. The molecule has 0 saturated carbocycles. The molecule has 0 bridgehead atoms. The summed E-state index contributed by atoms with van der Waals surface area (Å²) in [6.07, 6.45) is 0. The highest BCUT2D eigenvalue weighted by molar-refractivity contribution is 6.11. The molecule has 1 aliphatic rings. The number of carbonyl (C=O) groups is 1. The topological polar surface area (TPSA) is 105 Å². The number of para-hydroxylation sites is 1. The lowest BCUT2D eigenvalue weighted by atomic mass is 10.0. The number of carbonyl (C=O) groups excluding carboxylic acids is 1. The van der Waals surface area contributed by atoms with Gasteiger partial charge in [0.05, 0.1) is 16.6 Å². The van der Waals surface area contributed by atoms with Crippen LogP contribution in [0.5, 0.6) is 0 Å². The number of amides is 1. The average molecular weight is 465 g/mol. The number of aromatic nitrogens is 4. The Bertz CT molecular complexity index is 1650. The summed E-state index contributed by atoms with van der Waals surface area (Å²) in [7, 11) is 0. The van der Waals surface area contributed by atoms with Gasteiger partial charge < -0.3 is 10.6 Å². The number of aryl methyl sites for hydroxylation is 1. The SMILES string of the molecule is Cc1cc(NC(=O)c2nn(CC3CNC3)c3ccccc23)ccc1-c1n[nH]c(=O)c2ccccc12. The van der Waals surface area contributed by atoms with Crippen LogP contribution in [0.1, 0.15) is 16.1 Å². The van der Waals surface area contributed by atoms with E-state index in [4.69, 9.17) is 0 Å². The maximum absolute atomic E-state index is 13.2. The van der Waals surface area contributed by atoms with Crippen LogP contribution < -0.4 is 16.2 Å². The first kappa shape index (κ1) is 21.2. The van der Waals surface area contributed by atoms with Gasteiger partial charge in [0.2, 0.25) is 0 Å². The fourth-order valence-corrected chi connectivity index (χ4v) is 4.67. The molecule has 3 aromatic carbocycles. The molecule has 1 amide bonds. The largest absolute Gasteiger partial charge is 0.321 e. The summed E-state index contributed by atoms with van der Waals surface area (Å²) in [6.45, 7) is 4.69. The number of fused-ring (bicyclic) bond motifs is 2. The molecule has 0 unspecified atom stereocenters. The second-order valence-electron chi connectivity index (χ2n) is 9.00. The molecule has 8 nitrogen and oxygen atoms in total. The molecule has 0 spiro atoms. The molecule has 2 aromatic heterocycles. The van der Waals surface area contributed by atoms with Crippen molar-refractivity contribution in [2.45, 2.75) is 13.5 Å². The van der Waals surface area contributed by atoms with Crippen molar-refractivity contribution in [3.63, 3.8) is 0 Å². The van der Waals surface area contributed by atoms with E-state index in [0.29, 0.717) is 28.4 Å². The van der Waals surface area contributed by atoms with E-state index in [1.54, 1.807) is 6.07 Å². The van der Waals surface area contributed by atoms with E-state index in [0.717, 1.165) is 47.1 Å². The lowest BCUT2D eigenvalue weighted by Crippen LogP contribution is -2.44. The number of aromatic amines is 1. The maximum atomic E-state index is 13.2. The van der Waals surface area contributed by atoms with Crippen LogP contribution in [0, 0.1) is 12.8 Å². The summed E-state index contributed by atoms with van der Waals surface area (Å²) in [6, 6.07) is 20.9. The Labute approximate surface area is 201 Å². The monoisotopic (exact) mass is 464 g/mol. The van der Waals surface area contributed by atoms with Crippen molar-refractivity contribution >= 4 is 33.3 Å². The Morgan fingerprint density at radius 2 is 1.77 bits per heavy atom. The number of hydrogen-bond donors (Lipinski definition) is 3. The van der Waals surface area contributed by atoms with Gasteiger partial charge in [-0.3, -0.25) is 14.3 Å². The van der Waals surface area contributed by atoms with Gasteiger partial charge in [0.1, 0.15) is 0 Å². The minimum atomic E-state index is -0.244. The molecule has 1 fully saturated rings. The molecule has 8 heteroatoms. The zero-order valence-electron chi connectivity index (χ0n) is 19.2. The fourth-order valence-electron chi connectivity index (χ4n) is 4.67. The summed E-state index contributed by atoms with van der Waals surface area (Å²) in [5.74, 6) is 0.286. The van der Waals surface area contributed by atoms with Crippen LogP contribution in [0.4, 0.5) is 5.69 Å². The zero-order chi connectivity index (χ0) is 23.9. The second kappa shape index (κ2) is 8.48. The summed E-state index contributed by atoms with van der Waals surface area (Å²) in [4.78, 5) is 25.4. The van der Waals surface area contributed by atoms with Crippen LogP contribution in [-0.4, -0.2) is 39.0 Å². The van der Waals surface area contributed by atoms with Crippen molar-refractivity contribution in [3.05, 3.63) is 88.3 Å². The number of nitrogens with one attached hydrogen (secondary N) is 3. The number of hydrogen-bond acceptors (Lipinski definition) is 5. The predicted octanol–water partition coefficient (Wildman–Crippen LogP) is 3.72. The van der Waals surface area contributed by atoms with Crippen LogP contribution >= 0.6 is 0 Å². The Balaban J connectivity index is 1.31. The molecule has 5 aromatic rings.